The number of hydrogen-bond donors (Lipinski definition) is 0. The molecule has 18 heavy (non-hydrogen) atoms. The van der Waals surface area contributed by atoms with Crippen LogP contribution in [-0.2, 0) is 4.79 Å². The van der Waals surface area contributed by atoms with E-state index in [0.717, 1.165) is 37.3 Å². The van der Waals surface area contributed by atoms with Crippen LogP contribution in [0.5, 0.6) is 0 Å². The lowest BCUT2D eigenvalue weighted by Gasteiger charge is -2.35. The molecule has 102 valence electrons. The van der Waals surface area contributed by atoms with E-state index < -0.39 is 0 Å². The molecule has 3 rings (SSSR count). The van der Waals surface area contributed by atoms with E-state index in [4.69, 9.17) is 0 Å². The minimum atomic E-state index is -0.210. The van der Waals surface area contributed by atoms with Crippen molar-refractivity contribution in [2.24, 2.45) is 17.8 Å². The molecule has 2 heteroatoms. The Morgan fingerprint density at radius 3 is 2.44 bits per heavy atom. The van der Waals surface area contributed by atoms with Crippen LogP contribution in [0.4, 0.5) is 0 Å². The molecule has 2 saturated carbocycles. The van der Waals surface area contributed by atoms with Gasteiger partial charge in [-0.3, -0.25) is 9.69 Å². The molecule has 3 fully saturated rings. The van der Waals surface area contributed by atoms with Crippen LogP contribution in [0, 0.1) is 17.8 Å². The van der Waals surface area contributed by atoms with Crippen LogP contribution in [0.25, 0.3) is 0 Å². The Hall–Kier alpha value is -0.370. The summed E-state index contributed by atoms with van der Waals surface area (Å²) in [6.45, 7) is 6.53. The Morgan fingerprint density at radius 1 is 1.17 bits per heavy atom. The summed E-state index contributed by atoms with van der Waals surface area (Å²) in [5.41, 5.74) is -0.210. The van der Waals surface area contributed by atoms with Gasteiger partial charge in [0, 0.05) is 6.42 Å². The van der Waals surface area contributed by atoms with Gasteiger partial charge in [-0.05, 0) is 76.8 Å². The molecule has 0 aromatic rings. The largest absolute Gasteiger partial charge is 0.298 e. The molecule has 0 aromatic carbocycles. The van der Waals surface area contributed by atoms with Crippen LogP contribution < -0.4 is 0 Å². The quantitative estimate of drug-likeness (QED) is 0.762. The second kappa shape index (κ2) is 4.63. The van der Waals surface area contributed by atoms with Gasteiger partial charge in [-0.25, -0.2) is 0 Å². The molecule has 0 spiro atoms. The van der Waals surface area contributed by atoms with Crippen LogP contribution in [0.15, 0.2) is 0 Å². The number of Topliss-reactive ketones (excluding diaryl/α,β-unsaturated/α-hetero) is 1. The lowest BCUT2D eigenvalue weighted by atomic mass is 9.81. The maximum atomic E-state index is 12.6. The molecule has 2 aliphatic carbocycles. The van der Waals surface area contributed by atoms with E-state index >= 15 is 0 Å². The number of carbonyl (C=O) groups excluding carboxylic acids is 1. The summed E-state index contributed by atoms with van der Waals surface area (Å²) in [6, 6.07) is 0. The first-order valence-electron chi connectivity index (χ1n) is 7.85. The molecule has 0 N–H and O–H groups in total. The van der Waals surface area contributed by atoms with Crippen molar-refractivity contribution in [1.82, 2.24) is 4.90 Å². The highest BCUT2D eigenvalue weighted by atomic mass is 16.1. The second-order valence-electron chi connectivity index (χ2n) is 7.32. The number of ketones is 1. The summed E-state index contributed by atoms with van der Waals surface area (Å²) in [6.07, 6.45) is 8.98. The zero-order chi connectivity index (χ0) is 12.8. The number of likely N-dealkylation sites (tertiary alicyclic amines) is 1. The molecule has 3 unspecified atom stereocenters. The fraction of sp³-hybridized carbons (Fsp3) is 0.938. The van der Waals surface area contributed by atoms with Gasteiger partial charge in [-0.2, -0.15) is 0 Å². The van der Waals surface area contributed by atoms with Crippen molar-refractivity contribution >= 4 is 5.78 Å². The third-order valence-corrected chi connectivity index (χ3v) is 5.91. The summed E-state index contributed by atoms with van der Waals surface area (Å²) in [5.74, 6) is 3.07. The topological polar surface area (TPSA) is 20.3 Å². The SMILES string of the molecule is CC(C)(C(=O)CC1CC2CCC1C2)N1CCCC1. The normalized spacial score (nSPS) is 36.4. The summed E-state index contributed by atoms with van der Waals surface area (Å²) in [5, 5.41) is 0. The monoisotopic (exact) mass is 249 g/mol. The van der Waals surface area contributed by atoms with E-state index in [9.17, 15) is 4.79 Å². The average Bonchev–Trinajstić information content (AvgIpc) is 3.06. The summed E-state index contributed by atoms with van der Waals surface area (Å²) in [4.78, 5) is 15.0. The summed E-state index contributed by atoms with van der Waals surface area (Å²) in [7, 11) is 0. The Bertz CT molecular complexity index is 330. The van der Waals surface area contributed by atoms with E-state index in [1.54, 1.807) is 0 Å². The summed E-state index contributed by atoms with van der Waals surface area (Å²) < 4.78 is 0. The van der Waals surface area contributed by atoms with Crippen LogP contribution in [-0.4, -0.2) is 29.3 Å². The third-order valence-electron chi connectivity index (χ3n) is 5.91. The zero-order valence-corrected chi connectivity index (χ0v) is 12.0. The second-order valence-corrected chi connectivity index (χ2v) is 7.32. The Labute approximate surface area is 111 Å². The molecule has 1 aliphatic heterocycles. The standard InChI is InChI=1S/C16H27NO/c1-16(2,17-7-3-4-8-17)15(18)11-14-10-12-5-6-13(14)9-12/h12-14H,3-11H2,1-2H3. The maximum absolute atomic E-state index is 12.6. The fourth-order valence-corrected chi connectivity index (χ4v) is 4.57. The predicted octanol–water partition coefficient (Wildman–Crippen LogP) is 3.26. The first-order valence-corrected chi connectivity index (χ1v) is 7.85. The van der Waals surface area contributed by atoms with Crippen molar-refractivity contribution in [3.63, 3.8) is 0 Å². The predicted molar refractivity (Wildman–Crippen MR) is 73.4 cm³/mol. The van der Waals surface area contributed by atoms with E-state index in [-0.39, 0.29) is 5.54 Å². The highest BCUT2D eigenvalue weighted by molar-refractivity contribution is 5.87. The van der Waals surface area contributed by atoms with Gasteiger partial charge < -0.3 is 0 Å². The minimum Gasteiger partial charge on any atom is -0.298 e. The van der Waals surface area contributed by atoms with Gasteiger partial charge in [0.2, 0.25) is 0 Å². The highest BCUT2D eigenvalue weighted by Gasteiger charge is 2.43. The average molecular weight is 249 g/mol. The van der Waals surface area contributed by atoms with Crippen molar-refractivity contribution in [1.29, 1.82) is 0 Å². The molecule has 0 amide bonds. The van der Waals surface area contributed by atoms with Crippen molar-refractivity contribution in [3.8, 4) is 0 Å². The lowest BCUT2D eigenvalue weighted by molar-refractivity contribution is -0.130. The van der Waals surface area contributed by atoms with Crippen molar-refractivity contribution < 1.29 is 4.79 Å². The molecule has 2 bridgehead atoms. The number of rotatable bonds is 4. The van der Waals surface area contributed by atoms with E-state index in [1.165, 1.54) is 38.5 Å². The van der Waals surface area contributed by atoms with Gasteiger partial charge in [0.15, 0.2) is 5.78 Å². The number of carbonyl (C=O) groups is 1. The van der Waals surface area contributed by atoms with Crippen LogP contribution in [0.3, 0.4) is 0 Å². The zero-order valence-electron chi connectivity index (χ0n) is 12.0. The van der Waals surface area contributed by atoms with Gasteiger partial charge in [0.25, 0.3) is 0 Å². The Balaban J connectivity index is 1.60. The molecule has 0 aromatic heterocycles. The Kier molecular flexibility index (Phi) is 3.25. The smallest absolute Gasteiger partial charge is 0.152 e. The molecule has 0 radical (unpaired) electrons. The first-order chi connectivity index (χ1) is 8.57. The lowest BCUT2D eigenvalue weighted by Crippen LogP contribution is -2.49. The van der Waals surface area contributed by atoms with Crippen LogP contribution in [0.1, 0.15) is 58.8 Å². The molecule has 2 nitrogen and oxygen atoms in total. The molecule has 1 heterocycles. The molecule has 3 atom stereocenters. The first kappa shape index (κ1) is 12.7. The molecule has 3 aliphatic rings. The van der Waals surface area contributed by atoms with Gasteiger partial charge in [0.05, 0.1) is 5.54 Å². The molecular formula is C16H27NO. The minimum absolute atomic E-state index is 0.210. The van der Waals surface area contributed by atoms with Crippen LogP contribution >= 0.6 is 0 Å². The molecule has 1 saturated heterocycles. The van der Waals surface area contributed by atoms with Crippen molar-refractivity contribution in [2.45, 2.75) is 64.3 Å². The van der Waals surface area contributed by atoms with Gasteiger partial charge >= 0.3 is 0 Å². The van der Waals surface area contributed by atoms with E-state index in [2.05, 4.69) is 18.7 Å². The number of hydrogen-bond acceptors (Lipinski definition) is 2. The Morgan fingerprint density at radius 2 is 1.89 bits per heavy atom. The van der Waals surface area contributed by atoms with Gasteiger partial charge in [0.1, 0.15) is 0 Å². The van der Waals surface area contributed by atoms with E-state index in [0.29, 0.717) is 5.78 Å². The van der Waals surface area contributed by atoms with Crippen LogP contribution in [0.2, 0.25) is 0 Å². The number of fused-ring (bicyclic) bond motifs is 2. The van der Waals surface area contributed by atoms with E-state index in [1.807, 2.05) is 0 Å². The highest BCUT2D eigenvalue weighted by Crippen LogP contribution is 2.50. The van der Waals surface area contributed by atoms with Gasteiger partial charge in [-0.15, -0.1) is 0 Å². The molecular weight excluding hydrogens is 222 g/mol. The number of nitrogens with zero attached hydrogens (tertiary/aromatic N) is 1. The maximum Gasteiger partial charge on any atom is 0.152 e. The fourth-order valence-electron chi connectivity index (χ4n) is 4.57. The van der Waals surface area contributed by atoms with Gasteiger partial charge in [-0.1, -0.05) is 6.42 Å². The van der Waals surface area contributed by atoms with Crippen molar-refractivity contribution in [2.75, 3.05) is 13.1 Å². The van der Waals surface area contributed by atoms with Crippen molar-refractivity contribution in [3.05, 3.63) is 0 Å². The third kappa shape index (κ3) is 2.13. The summed E-state index contributed by atoms with van der Waals surface area (Å²) >= 11 is 0.